The van der Waals surface area contributed by atoms with Gasteiger partial charge in [0.05, 0.1) is 6.20 Å². The fourth-order valence-corrected chi connectivity index (χ4v) is 2.20. The van der Waals surface area contributed by atoms with Crippen LogP contribution in [-0.2, 0) is 11.3 Å². The predicted octanol–water partition coefficient (Wildman–Crippen LogP) is 3.19. The van der Waals surface area contributed by atoms with Crippen molar-refractivity contribution in [2.75, 3.05) is 16.0 Å². The van der Waals surface area contributed by atoms with Crippen LogP contribution in [0, 0.1) is 0 Å². The lowest BCUT2D eigenvalue weighted by molar-refractivity contribution is -0.114. The van der Waals surface area contributed by atoms with Crippen LogP contribution in [0.2, 0.25) is 0 Å². The van der Waals surface area contributed by atoms with Crippen LogP contribution in [0.1, 0.15) is 12.5 Å². The summed E-state index contributed by atoms with van der Waals surface area (Å²) in [5.74, 6) is 0.927. The largest absolute Gasteiger partial charge is 0.349 e. The Morgan fingerprint density at radius 1 is 1.00 bits per heavy atom. The summed E-state index contributed by atoms with van der Waals surface area (Å²) >= 11 is 0. The number of hydrogen-bond donors (Lipinski definition) is 3. The van der Waals surface area contributed by atoms with E-state index in [1.807, 2.05) is 54.6 Å². The molecule has 0 bridgehead atoms. The van der Waals surface area contributed by atoms with Crippen LogP contribution in [0.3, 0.4) is 0 Å². The van der Waals surface area contributed by atoms with Crippen molar-refractivity contribution >= 4 is 29.0 Å². The van der Waals surface area contributed by atoms with E-state index in [0.29, 0.717) is 18.3 Å². The van der Waals surface area contributed by atoms with Gasteiger partial charge in [0.1, 0.15) is 0 Å². The van der Waals surface area contributed by atoms with E-state index in [-0.39, 0.29) is 5.91 Å². The topological polar surface area (TPSA) is 91.8 Å². The molecule has 0 aliphatic carbocycles. The molecule has 25 heavy (non-hydrogen) atoms. The van der Waals surface area contributed by atoms with Gasteiger partial charge >= 0.3 is 0 Å². The van der Waals surface area contributed by atoms with Crippen molar-refractivity contribution in [2.45, 2.75) is 13.5 Å². The first kappa shape index (κ1) is 16.4. The lowest BCUT2D eigenvalue weighted by atomic mass is 10.2. The average Bonchev–Trinajstić information content (AvgIpc) is 2.62. The number of rotatable bonds is 6. The van der Waals surface area contributed by atoms with Crippen molar-refractivity contribution in [3.63, 3.8) is 0 Å². The summed E-state index contributed by atoms with van der Waals surface area (Å²) in [6.45, 7) is 2.10. The molecule has 126 valence electrons. The highest BCUT2D eigenvalue weighted by molar-refractivity contribution is 5.88. The maximum atomic E-state index is 11.0. The van der Waals surface area contributed by atoms with Crippen LogP contribution in [-0.4, -0.2) is 21.1 Å². The van der Waals surface area contributed by atoms with Crippen molar-refractivity contribution in [3.8, 4) is 0 Å². The van der Waals surface area contributed by atoms with Crippen LogP contribution < -0.4 is 16.0 Å². The second-order valence-corrected chi connectivity index (χ2v) is 5.39. The Hall–Kier alpha value is -3.48. The molecule has 3 aromatic rings. The predicted molar refractivity (Wildman–Crippen MR) is 97.6 cm³/mol. The Morgan fingerprint density at radius 2 is 1.72 bits per heavy atom. The van der Waals surface area contributed by atoms with Crippen LogP contribution >= 0.6 is 0 Å². The minimum atomic E-state index is -0.102. The summed E-state index contributed by atoms with van der Waals surface area (Å²) in [7, 11) is 0. The Kier molecular flexibility index (Phi) is 5.16. The third kappa shape index (κ3) is 5.00. The molecule has 0 atom stereocenters. The lowest BCUT2D eigenvalue weighted by Gasteiger charge is -2.08. The zero-order valence-corrected chi connectivity index (χ0v) is 13.7. The number of nitrogens with zero attached hydrogens (tertiary/aromatic N) is 3. The molecule has 0 unspecified atom stereocenters. The Balaban J connectivity index is 1.62. The quantitative estimate of drug-likeness (QED) is 0.641. The second-order valence-electron chi connectivity index (χ2n) is 5.39. The average molecular weight is 334 g/mol. The summed E-state index contributed by atoms with van der Waals surface area (Å²) in [4.78, 5) is 15.4. The number of benzene rings is 2. The summed E-state index contributed by atoms with van der Waals surface area (Å²) < 4.78 is 0. The number of hydrogen-bond acceptors (Lipinski definition) is 6. The third-order valence-electron chi connectivity index (χ3n) is 3.33. The molecule has 0 aliphatic rings. The Labute approximate surface area is 145 Å². The third-order valence-corrected chi connectivity index (χ3v) is 3.33. The summed E-state index contributed by atoms with van der Waals surface area (Å²) in [6, 6.07) is 17.3. The zero-order chi connectivity index (χ0) is 17.5. The maximum Gasteiger partial charge on any atom is 0.244 e. The van der Waals surface area contributed by atoms with Crippen molar-refractivity contribution in [3.05, 3.63) is 66.4 Å². The van der Waals surface area contributed by atoms with Crippen LogP contribution in [0.15, 0.2) is 60.8 Å². The van der Waals surface area contributed by atoms with Crippen molar-refractivity contribution in [1.82, 2.24) is 15.2 Å². The van der Waals surface area contributed by atoms with Crippen molar-refractivity contribution < 1.29 is 4.79 Å². The number of aromatic nitrogens is 3. The maximum absolute atomic E-state index is 11.0. The first-order chi connectivity index (χ1) is 12.2. The van der Waals surface area contributed by atoms with E-state index in [2.05, 4.69) is 31.1 Å². The molecule has 0 fully saturated rings. The molecule has 0 radical (unpaired) electrons. The zero-order valence-electron chi connectivity index (χ0n) is 13.7. The monoisotopic (exact) mass is 334 g/mol. The van der Waals surface area contributed by atoms with Gasteiger partial charge in [-0.25, -0.2) is 0 Å². The molecule has 7 heteroatoms. The van der Waals surface area contributed by atoms with Gasteiger partial charge < -0.3 is 16.0 Å². The lowest BCUT2D eigenvalue weighted by Crippen LogP contribution is -2.07. The van der Waals surface area contributed by atoms with Crippen molar-refractivity contribution in [2.24, 2.45) is 0 Å². The molecule has 7 nitrogen and oxygen atoms in total. The summed E-state index contributed by atoms with van der Waals surface area (Å²) in [6.07, 6.45) is 1.55. The molecule has 0 aliphatic heterocycles. The number of carbonyl (C=O) groups is 1. The summed E-state index contributed by atoms with van der Waals surface area (Å²) in [5.41, 5.74) is 2.71. The molecule has 0 saturated heterocycles. The van der Waals surface area contributed by atoms with E-state index in [1.54, 1.807) is 6.20 Å². The van der Waals surface area contributed by atoms with E-state index >= 15 is 0 Å². The molecular weight excluding hydrogens is 316 g/mol. The molecule has 1 amide bonds. The highest BCUT2D eigenvalue weighted by Crippen LogP contribution is 2.17. The minimum Gasteiger partial charge on any atom is -0.349 e. The van der Waals surface area contributed by atoms with Crippen LogP contribution in [0.5, 0.6) is 0 Å². The molecule has 1 aromatic heterocycles. The van der Waals surface area contributed by atoms with Gasteiger partial charge in [0, 0.05) is 24.8 Å². The molecular formula is C18H18N6O. The summed E-state index contributed by atoms with van der Waals surface area (Å²) in [5, 5.41) is 17.0. The smallest absolute Gasteiger partial charge is 0.244 e. The fourth-order valence-electron chi connectivity index (χ4n) is 2.20. The van der Waals surface area contributed by atoms with E-state index < -0.39 is 0 Å². The molecule has 3 N–H and O–H groups in total. The molecule has 2 aromatic carbocycles. The van der Waals surface area contributed by atoms with Gasteiger partial charge in [0.2, 0.25) is 11.9 Å². The highest BCUT2D eigenvalue weighted by Gasteiger charge is 2.02. The van der Waals surface area contributed by atoms with Gasteiger partial charge in [-0.2, -0.15) is 10.1 Å². The Bertz CT molecular complexity index is 836. The molecule has 0 spiro atoms. The number of carbonyl (C=O) groups excluding carboxylic acids is 1. The number of amides is 1. The minimum absolute atomic E-state index is 0.102. The van der Waals surface area contributed by atoms with E-state index in [9.17, 15) is 4.79 Å². The molecule has 3 rings (SSSR count). The van der Waals surface area contributed by atoms with Gasteiger partial charge in [0.15, 0.2) is 5.82 Å². The van der Waals surface area contributed by atoms with Gasteiger partial charge in [-0.1, -0.05) is 30.3 Å². The van der Waals surface area contributed by atoms with Gasteiger partial charge in [0.25, 0.3) is 0 Å². The SMILES string of the molecule is CC(=O)Nc1ccc(Nc2cnnc(NCc3ccccc3)n2)cc1. The van der Waals surface area contributed by atoms with Gasteiger partial charge in [-0.15, -0.1) is 5.10 Å². The van der Waals surface area contributed by atoms with E-state index in [1.165, 1.54) is 6.92 Å². The normalized spacial score (nSPS) is 10.1. The molecule has 0 saturated carbocycles. The van der Waals surface area contributed by atoms with Gasteiger partial charge in [-0.3, -0.25) is 4.79 Å². The van der Waals surface area contributed by atoms with Crippen molar-refractivity contribution in [1.29, 1.82) is 0 Å². The van der Waals surface area contributed by atoms with Gasteiger partial charge in [-0.05, 0) is 29.8 Å². The second kappa shape index (κ2) is 7.87. The Morgan fingerprint density at radius 3 is 2.44 bits per heavy atom. The molecule has 1 heterocycles. The van der Waals surface area contributed by atoms with E-state index in [0.717, 1.165) is 16.9 Å². The van der Waals surface area contributed by atoms with Crippen LogP contribution in [0.25, 0.3) is 0 Å². The van der Waals surface area contributed by atoms with Crippen LogP contribution in [0.4, 0.5) is 23.1 Å². The standard InChI is InChI=1S/C18H18N6O/c1-13(25)21-15-7-9-16(10-8-15)22-17-12-20-24-18(23-17)19-11-14-5-3-2-4-6-14/h2-10,12H,11H2,1H3,(H,21,25)(H2,19,22,23,24). The number of anilines is 4. The first-order valence-electron chi connectivity index (χ1n) is 7.81. The first-order valence-corrected chi connectivity index (χ1v) is 7.81. The van der Waals surface area contributed by atoms with E-state index in [4.69, 9.17) is 0 Å². The fraction of sp³-hybridized carbons (Fsp3) is 0.111. The number of nitrogens with one attached hydrogen (secondary N) is 3. The highest BCUT2D eigenvalue weighted by atomic mass is 16.1.